The number of amides is 2. The van der Waals surface area contributed by atoms with E-state index >= 15 is 0 Å². The van der Waals surface area contributed by atoms with E-state index < -0.39 is 0 Å². The molecular formula is C17H25N3O3. The number of hydroxylamine groups is 2. The molecule has 2 rings (SSSR count). The van der Waals surface area contributed by atoms with Crippen molar-refractivity contribution in [3.8, 4) is 0 Å². The van der Waals surface area contributed by atoms with Crippen molar-refractivity contribution in [3.05, 3.63) is 30.1 Å². The quantitative estimate of drug-likeness (QED) is 0.453. The summed E-state index contributed by atoms with van der Waals surface area (Å²) in [5.74, 6) is -0.359. The smallest absolute Gasteiger partial charge is 0.233 e. The van der Waals surface area contributed by atoms with Crippen LogP contribution in [-0.4, -0.2) is 45.6 Å². The number of hydrogen-bond donors (Lipinski definition) is 1. The van der Waals surface area contributed by atoms with Crippen molar-refractivity contribution in [1.29, 1.82) is 0 Å². The van der Waals surface area contributed by atoms with Gasteiger partial charge in [-0.1, -0.05) is 25.8 Å². The molecule has 6 heteroatoms. The van der Waals surface area contributed by atoms with E-state index in [0.29, 0.717) is 24.4 Å². The van der Waals surface area contributed by atoms with Gasteiger partial charge in [0.1, 0.15) is 0 Å². The molecule has 1 unspecified atom stereocenters. The van der Waals surface area contributed by atoms with Crippen molar-refractivity contribution in [2.75, 3.05) is 13.1 Å². The van der Waals surface area contributed by atoms with Gasteiger partial charge in [-0.05, 0) is 31.4 Å². The molecule has 1 aromatic rings. The summed E-state index contributed by atoms with van der Waals surface area (Å²) in [6, 6.07) is 5.74. The summed E-state index contributed by atoms with van der Waals surface area (Å²) in [7, 11) is 0. The second-order valence-corrected chi connectivity index (χ2v) is 6.01. The van der Waals surface area contributed by atoms with Gasteiger partial charge in [-0.3, -0.25) is 19.8 Å². The Kier molecular flexibility index (Phi) is 6.52. The maximum Gasteiger partial charge on any atom is 0.233 e. The Morgan fingerprint density at radius 1 is 1.57 bits per heavy atom. The molecule has 0 radical (unpaired) electrons. The van der Waals surface area contributed by atoms with Gasteiger partial charge < -0.3 is 4.90 Å². The second kappa shape index (κ2) is 8.62. The number of nitrogens with zero attached hydrogens (tertiary/aromatic N) is 3. The summed E-state index contributed by atoms with van der Waals surface area (Å²) in [6.45, 7) is 2.81. The Balaban J connectivity index is 2.11. The van der Waals surface area contributed by atoms with E-state index in [2.05, 4.69) is 11.9 Å². The van der Waals surface area contributed by atoms with Crippen LogP contribution in [0.4, 0.5) is 0 Å². The molecule has 1 aliphatic heterocycles. The molecule has 0 bridgehead atoms. The molecule has 2 heterocycles. The Hall–Kier alpha value is -1.95. The Labute approximate surface area is 137 Å². The van der Waals surface area contributed by atoms with Crippen LogP contribution in [0, 0.1) is 5.92 Å². The number of likely N-dealkylation sites (tertiary alicyclic amines) is 1. The Bertz CT molecular complexity index is 509. The van der Waals surface area contributed by atoms with Crippen molar-refractivity contribution >= 4 is 12.3 Å². The average Bonchev–Trinajstić information content (AvgIpc) is 3.08. The van der Waals surface area contributed by atoms with Crippen molar-refractivity contribution in [3.63, 3.8) is 0 Å². The molecule has 6 nitrogen and oxygen atoms in total. The summed E-state index contributed by atoms with van der Waals surface area (Å²) in [4.78, 5) is 29.9. The first-order valence-corrected chi connectivity index (χ1v) is 8.29. The maximum atomic E-state index is 12.9. The monoisotopic (exact) mass is 319 g/mol. The predicted octanol–water partition coefficient (Wildman–Crippen LogP) is 2.40. The van der Waals surface area contributed by atoms with Gasteiger partial charge in [0.2, 0.25) is 12.3 Å². The molecular weight excluding hydrogens is 294 g/mol. The summed E-state index contributed by atoms with van der Waals surface area (Å²) >= 11 is 0. The molecule has 1 saturated heterocycles. The van der Waals surface area contributed by atoms with Crippen molar-refractivity contribution < 1.29 is 14.8 Å². The first-order valence-electron chi connectivity index (χ1n) is 8.29. The molecule has 0 aliphatic carbocycles. The third-order valence-electron chi connectivity index (χ3n) is 4.35. The number of carbonyl (C=O) groups excluding carboxylic acids is 2. The summed E-state index contributed by atoms with van der Waals surface area (Å²) < 4.78 is 0. The minimum absolute atomic E-state index is 0.00352. The van der Waals surface area contributed by atoms with Crippen LogP contribution in [0.2, 0.25) is 0 Å². The van der Waals surface area contributed by atoms with Crippen LogP contribution in [-0.2, 0) is 9.59 Å². The van der Waals surface area contributed by atoms with E-state index in [-0.39, 0.29) is 24.4 Å². The van der Waals surface area contributed by atoms with Gasteiger partial charge in [0, 0.05) is 12.7 Å². The number of carbonyl (C=O) groups is 2. The lowest BCUT2D eigenvalue weighted by molar-refractivity contribution is -0.157. The van der Waals surface area contributed by atoms with Gasteiger partial charge >= 0.3 is 0 Å². The minimum Gasteiger partial charge on any atom is -0.334 e. The van der Waals surface area contributed by atoms with Crippen LogP contribution in [0.1, 0.15) is 50.8 Å². The normalized spacial score (nSPS) is 18.7. The van der Waals surface area contributed by atoms with Crippen LogP contribution in [0.3, 0.4) is 0 Å². The lowest BCUT2D eigenvalue weighted by Crippen LogP contribution is -2.40. The largest absolute Gasteiger partial charge is 0.334 e. The zero-order valence-electron chi connectivity index (χ0n) is 13.6. The predicted molar refractivity (Wildman–Crippen MR) is 85.5 cm³/mol. The molecule has 0 spiro atoms. The molecule has 1 aliphatic rings. The highest BCUT2D eigenvalue weighted by molar-refractivity contribution is 5.80. The van der Waals surface area contributed by atoms with Gasteiger partial charge in [-0.15, -0.1) is 0 Å². The minimum atomic E-state index is -0.366. The Morgan fingerprint density at radius 2 is 2.39 bits per heavy atom. The van der Waals surface area contributed by atoms with Crippen LogP contribution < -0.4 is 0 Å². The van der Waals surface area contributed by atoms with E-state index in [1.807, 2.05) is 23.1 Å². The summed E-state index contributed by atoms with van der Waals surface area (Å²) in [5.41, 5.74) is 0.906. The highest BCUT2D eigenvalue weighted by Crippen LogP contribution is 2.32. The van der Waals surface area contributed by atoms with E-state index in [4.69, 9.17) is 0 Å². The van der Waals surface area contributed by atoms with Crippen LogP contribution in [0.25, 0.3) is 0 Å². The first-order chi connectivity index (χ1) is 11.2. The lowest BCUT2D eigenvalue weighted by atomic mass is 9.99. The van der Waals surface area contributed by atoms with E-state index in [9.17, 15) is 14.8 Å². The highest BCUT2D eigenvalue weighted by Gasteiger charge is 2.34. The second-order valence-electron chi connectivity index (χ2n) is 6.01. The molecule has 126 valence electrons. The number of hydrogen-bond acceptors (Lipinski definition) is 4. The Morgan fingerprint density at radius 3 is 3.04 bits per heavy atom. The summed E-state index contributed by atoms with van der Waals surface area (Å²) in [6.07, 6.45) is 6.49. The van der Waals surface area contributed by atoms with Gasteiger partial charge in [0.15, 0.2) is 0 Å². The number of rotatable bonds is 8. The molecule has 2 atom stereocenters. The summed E-state index contributed by atoms with van der Waals surface area (Å²) in [5, 5.41) is 10.1. The fraction of sp³-hybridized carbons (Fsp3) is 0.588. The third-order valence-corrected chi connectivity index (χ3v) is 4.35. The standard InChI is InChI=1S/C17H25N3O3/c1-2-3-7-14(12-19(23)13-21)17(22)20-11-6-9-16(20)15-8-4-5-10-18-15/h4-5,8,10,13-14,16,23H,2-3,6-7,9,11-12H2,1H3/t14-,16?/m1/s1. The molecule has 0 saturated carbocycles. The SMILES string of the molecule is CCCC[C@H](CN(O)C=O)C(=O)N1CCCC1c1ccccn1. The number of aromatic nitrogens is 1. The van der Waals surface area contributed by atoms with Crippen molar-refractivity contribution in [2.45, 2.75) is 45.1 Å². The van der Waals surface area contributed by atoms with Crippen molar-refractivity contribution in [1.82, 2.24) is 14.9 Å². The molecule has 23 heavy (non-hydrogen) atoms. The fourth-order valence-corrected chi connectivity index (χ4v) is 3.16. The topological polar surface area (TPSA) is 73.7 Å². The van der Waals surface area contributed by atoms with E-state index in [1.54, 1.807) is 6.20 Å². The van der Waals surface area contributed by atoms with Crippen LogP contribution in [0.15, 0.2) is 24.4 Å². The maximum absolute atomic E-state index is 12.9. The van der Waals surface area contributed by atoms with Gasteiger partial charge in [-0.25, -0.2) is 5.06 Å². The van der Waals surface area contributed by atoms with Crippen molar-refractivity contribution in [2.24, 2.45) is 5.92 Å². The van der Waals surface area contributed by atoms with Gasteiger partial charge in [0.05, 0.1) is 24.2 Å². The first kappa shape index (κ1) is 17.4. The third kappa shape index (κ3) is 4.51. The zero-order valence-corrected chi connectivity index (χ0v) is 13.6. The average molecular weight is 319 g/mol. The molecule has 1 N–H and O–H groups in total. The number of pyridine rings is 1. The molecule has 1 fully saturated rings. The van der Waals surface area contributed by atoms with Gasteiger partial charge in [-0.2, -0.15) is 0 Å². The molecule has 1 aromatic heterocycles. The molecule has 2 amide bonds. The van der Waals surface area contributed by atoms with E-state index in [0.717, 1.165) is 31.4 Å². The van der Waals surface area contributed by atoms with E-state index in [1.165, 1.54) is 0 Å². The number of unbranched alkanes of at least 4 members (excludes halogenated alkanes) is 1. The van der Waals surface area contributed by atoms with Gasteiger partial charge in [0.25, 0.3) is 0 Å². The molecule has 0 aromatic carbocycles. The highest BCUT2D eigenvalue weighted by atomic mass is 16.5. The zero-order chi connectivity index (χ0) is 16.7. The lowest BCUT2D eigenvalue weighted by Gasteiger charge is -2.29. The van der Waals surface area contributed by atoms with Crippen LogP contribution in [0.5, 0.6) is 0 Å². The fourth-order valence-electron chi connectivity index (χ4n) is 3.16. The van der Waals surface area contributed by atoms with Crippen LogP contribution >= 0.6 is 0 Å².